The number of aromatic carboxylic acids is 1. The molecule has 0 saturated carbocycles. The molecule has 0 unspecified atom stereocenters. The van der Waals surface area contributed by atoms with Gasteiger partial charge in [0.15, 0.2) is 0 Å². The first-order valence-electron chi connectivity index (χ1n) is 6.01. The highest BCUT2D eigenvalue weighted by Crippen LogP contribution is 2.30. The van der Waals surface area contributed by atoms with Gasteiger partial charge >= 0.3 is 5.97 Å². The van der Waals surface area contributed by atoms with Crippen LogP contribution in [0.3, 0.4) is 0 Å². The fourth-order valence-electron chi connectivity index (χ4n) is 1.79. The molecule has 1 aromatic heterocycles. The van der Waals surface area contributed by atoms with Gasteiger partial charge in [0, 0.05) is 23.9 Å². The van der Waals surface area contributed by atoms with E-state index in [1.54, 1.807) is 13.8 Å². The van der Waals surface area contributed by atoms with E-state index >= 15 is 0 Å². The minimum absolute atomic E-state index is 0.00657. The van der Waals surface area contributed by atoms with Gasteiger partial charge in [0.2, 0.25) is 5.88 Å². The lowest BCUT2D eigenvalue weighted by Gasteiger charge is -2.09. The average molecular weight is 288 g/mol. The molecule has 108 valence electrons. The zero-order valence-electron chi connectivity index (χ0n) is 11.4. The molecule has 0 atom stereocenters. The van der Waals surface area contributed by atoms with Crippen LogP contribution in [0.4, 0.5) is 5.69 Å². The monoisotopic (exact) mass is 288 g/mol. The highest BCUT2D eigenvalue weighted by molar-refractivity contribution is 5.87. The predicted octanol–water partition coefficient (Wildman–Crippen LogP) is 3.10. The van der Waals surface area contributed by atoms with Crippen LogP contribution < -0.4 is 4.74 Å². The van der Waals surface area contributed by atoms with Crippen molar-refractivity contribution in [3.05, 3.63) is 57.3 Å². The summed E-state index contributed by atoms with van der Waals surface area (Å²) in [6.07, 6.45) is 1.33. The Labute approximate surface area is 120 Å². The van der Waals surface area contributed by atoms with Crippen LogP contribution in [-0.2, 0) is 0 Å². The van der Waals surface area contributed by atoms with Gasteiger partial charge in [-0.15, -0.1) is 0 Å². The molecule has 1 N–H and O–H groups in total. The van der Waals surface area contributed by atoms with Crippen molar-refractivity contribution in [2.24, 2.45) is 0 Å². The molecule has 1 heterocycles. The number of carboxylic acids is 1. The van der Waals surface area contributed by atoms with E-state index in [9.17, 15) is 14.9 Å². The van der Waals surface area contributed by atoms with Crippen LogP contribution >= 0.6 is 0 Å². The molecule has 0 fully saturated rings. The number of hydrogen-bond acceptors (Lipinski definition) is 5. The Morgan fingerprint density at radius 2 is 2.00 bits per heavy atom. The minimum atomic E-state index is -1.08. The van der Waals surface area contributed by atoms with Gasteiger partial charge in [-0.2, -0.15) is 0 Å². The maximum atomic E-state index is 10.9. The molecule has 1 aromatic carbocycles. The number of nitro groups is 1. The lowest BCUT2D eigenvalue weighted by Crippen LogP contribution is -1.99. The number of hydrogen-bond donors (Lipinski definition) is 1. The van der Waals surface area contributed by atoms with Gasteiger partial charge in [-0.1, -0.05) is 0 Å². The van der Waals surface area contributed by atoms with E-state index in [0.717, 1.165) is 0 Å². The van der Waals surface area contributed by atoms with E-state index in [1.807, 2.05) is 0 Å². The van der Waals surface area contributed by atoms with Gasteiger partial charge in [-0.05, 0) is 31.5 Å². The van der Waals surface area contributed by atoms with E-state index in [0.29, 0.717) is 16.9 Å². The van der Waals surface area contributed by atoms with Crippen molar-refractivity contribution in [2.45, 2.75) is 13.8 Å². The summed E-state index contributed by atoms with van der Waals surface area (Å²) in [4.78, 5) is 25.2. The van der Waals surface area contributed by atoms with Crippen molar-refractivity contribution in [2.75, 3.05) is 0 Å². The Bertz CT molecular complexity index is 727. The number of aromatic nitrogens is 1. The molecule has 21 heavy (non-hydrogen) atoms. The molecular formula is C14H12N2O5. The van der Waals surface area contributed by atoms with E-state index in [2.05, 4.69) is 4.98 Å². The number of aryl methyl sites for hydroxylation is 2. The molecule has 2 aromatic rings. The molecule has 0 aliphatic rings. The van der Waals surface area contributed by atoms with Crippen molar-refractivity contribution < 1.29 is 19.6 Å². The van der Waals surface area contributed by atoms with Crippen LogP contribution in [0.5, 0.6) is 11.6 Å². The topological polar surface area (TPSA) is 103 Å². The third kappa shape index (κ3) is 3.14. The molecule has 2 rings (SSSR count). The second-order valence-electron chi connectivity index (χ2n) is 4.45. The number of nitro benzene ring substituents is 1. The van der Waals surface area contributed by atoms with Crippen molar-refractivity contribution in [3.63, 3.8) is 0 Å². The lowest BCUT2D eigenvalue weighted by atomic mass is 10.1. The Hall–Kier alpha value is -2.96. The highest BCUT2D eigenvalue weighted by Gasteiger charge is 2.15. The lowest BCUT2D eigenvalue weighted by molar-refractivity contribution is -0.385. The van der Waals surface area contributed by atoms with E-state index in [1.165, 1.54) is 30.5 Å². The molecule has 0 spiro atoms. The number of carboxylic acid groups (broad SMARTS) is 1. The zero-order valence-corrected chi connectivity index (χ0v) is 11.4. The van der Waals surface area contributed by atoms with Crippen molar-refractivity contribution in [3.8, 4) is 11.6 Å². The summed E-state index contributed by atoms with van der Waals surface area (Å²) in [6.45, 7) is 3.27. The Balaban J connectivity index is 2.36. The van der Waals surface area contributed by atoms with Crippen molar-refractivity contribution in [1.29, 1.82) is 0 Å². The number of carbonyl (C=O) groups is 1. The molecule has 7 heteroatoms. The van der Waals surface area contributed by atoms with Gasteiger partial charge < -0.3 is 9.84 Å². The quantitative estimate of drug-likeness (QED) is 0.685. The number of nitrogens with zero attached hydrogens (tertiary/aromatic N) is 2. The first kappa shape index (κ1) is 14.4. The van der Waals surface area contributed by atoms with Crippen LogP contribution in [0.2, 0.25) is 0 Å². The standard InChI is InChI=1S/C14H12N2O5/c1-8-6-12(9(2)5-11(8)16(19)20)21-13-7-10(14(17)18)3-4-15-13/h3-7H,1-2H3,(H,17,18). The average Bonchev–Trinajstić information content (AvgIpc) is 2.42. The second kappa shape index (κ2) is 5.58. The maximum absolute atomic E-state index is 10.9. The van der Waals surface area contributed by atoms with Gasteiger partial charge in [0.05, 0.1) is 10.5 Å². The van der Waals surface area contributed by atoms with E-state index in [-0.39, 0.29) is 17.1 Å². The first-order chi connectivity index (χ1) is 9.88. The van der Waals surface area contributed by atoms with Crippen LogP contribution in [0.1, 0.15) is 21.5 Å². The minimum Gasteiger partial charge on any atom is -0.478 e. The molecule has 0 amide bonds. The molecule has 0 aliphatic carbocycles. The molecule has 0 radical (unpaired) electrons. The van der Waals surface area contributed by atoms with Gasteiger partial charge in [0.1, 0.15) is 5.75 Å². The zero-order chi connectivity index (χ0) is 15.6. The Morgan fingerprint density at radius 1 is 1.29 bits per heavy atom. The summed E-state index contributed by atoms with van der Waals surface area (Å²) < 4.78 is 5.52. The molecule has 7 nitrogen and oxygen atoms in total. The summed E-state index contributed by atoms with van der Waals surface area (Å²) in [5.41, 5.74) is 1.08. The number of rotatable bonds is 4. The summed E-state index contributed by atoms with van der Waals surface area (Å²) >= 11 is 0. The van der Waals surface area contributed by atoms with Crippen LogP contribution in [0.25, 0.3) is 0 Å². The summed E-state index contributed by atoms with van der Waals surface area (Å²) in [5, 5.41) is 19.8. The third-order valence-corrected chi connectivity index (χ3v) is 2.89. The smallest absolute Gasteiger partial charge is 0.335 e. The van der Waals surface area contributed by atoms with Gasteiger partial charge in [-0.25, -0.2) is 9.78 Å². The Kier molecular flexibility index (Phi) is 3.84. The van der Waals surface area contributed by atoms with Crippen molar-refractivity contribution >= 4 is 11.7 Å². The fourth-order valence-corrected chi connectivity index (χ4v) is 1.79. The fraction of sp³-hybridized carbons (Fsp3) is 0.143. The van der Waals surface area contributed by atoms with E-state index in [4.69, 9.17) is 9.84 Å². The molecule has 0 bridgehead atoms. The number of benzene rings is 1. The third-order valence-electron chi connectivity index (χ3n) is 2.89. The highest BCUT2D eigenvalue weighted by atomic mass is 16.6. The van der Waals surface area contributed by atoms with Crippen LogP contribution in [0.15, 0.2) is 30.5 Å². The molecule has 0 aliphatic heterocycles. The van der Waals surface area contributed by atoms with Gasteiger partial charge in [-0.3, -0.25) is 10.1 Å². The first-order valence-corrected chi connectivity index (χ1v) is 6.01. The maximum Gasteiger partial charge on any atom is 0.335 e. The SMILES string of the molecule is Cc1cc([N+](=O)[O-])c(C)cc1Oc1cc(C(=O)O)ccn1. The summed E-state index contributed by atoms with van der Waals surface area (Å²) in [7, 11) is 0. The summed E-state index contributed by atoms with van der Waals surface area (Å²) in [6, 6.07) is 5.58. The van der Waals surface area contributed by atoms with Gasteiger partial charge in [0.25, 0.3) is 5.69 Å². The van der Waals surface area contributed by atoms with E-state index < -0.39 is 10.9 Å². The molecule has 0 saturated heterocycles. The second-order valence-corrected chi connectivity index (χ2v) is 4.45. The van der Waals surface area contributed by atoms with Crippen molar-refractivity contribution in [1.82, 2.24) is 4.98 Å². The summed E-state index contributed by atoms with van der Waals surface area (Å²) in [5.74, 6) is -0.571. The largest absolute Gasteiger partial charge is 0.478 e. The number of ether oxygens (including phenoxy) is 1. The molecular weight excluding hydrogens is 276 g/mol. The Morgan fingerprint density at radius 3 is 2.62 bits per heavy atom. The predicted molar refractivity (Wildman–Crippen MR) is 73.8 cm³/mol. The number of pyridine rings is 1. The van der Waals surface area contributed by atoms with Crippen LogP contribution in [0, 0.1) is 24.0 Å². The van der Waals surface area contributed by atoms with Crippen LogP contribution in [-0.4, -0.2) is 21.0 Å². The normalized spacial score (nSPS) is 10.2.